The molecule has 0 aliphatic rings. The molecule has 26 heavy (non-hydrogen) atoms. The Kier molecular flexibility index (Phi) is 7.82. The molecule has 1 amide bonds. The fraction of sp³-hybridized carbons (Fsp3) is 0.125. The number of nitrogens with one attached hydrogen (secondary N) is 3. The summed E-state index contributed by atoms with van der Waals surface area (Å²) in [5, 5.41) is 9.07. The van der Waals surface area contributed by atoms with Crippen molar-refractivity contribution in [1.29, 1.82) is 0 Å². The highest BCUT2D eigenvalue weighted by molar-refractivity contribution is 9.10. The van der Waals surface area contributed by atoms with Crippen LogP contribution in [0.2, 0.25) is 5.02 Å². The molecule has 2 aromatic rings. The first-order valence-corrected chi connectivity index (χ1v) is 9.83. The van der Waals surface area contributed by atoms with Crippen molar-refractivity contribution >= 4 is 91.3 Å². The Morgan fingerprint density at radius 2 is 1.58 bits per heavy atom. The number of carbonyl (C=O) groups excluding carboxylic acids is 1. The first-order chi connectivity index (χ1) is 12.1. The number of thiocarbonyl (C=S) groups is 1. The van der Waals surface area contributed by atoms with Gasteiger partial charge in [0.15, 0.2) is 5.11 Å². The molecule has 0 heterocycles. The zero-order valence-corrected chi connectivity index (χ0v) is 18.3. The van der Waals surface area contributed by atoms with Crippen LogP contribution in [0.15, 0.2) is 53.0 Å². The molecule has 3 N–H and O–H groups in total. The summed E-state index contributed by atoms with van der Waals surface area (Å²) in [6.45, 7) is 0. The van der Waals surface area contributed by atoms with Crippen LogP contribution in [0.4, 0.5) is 5.69 Å². The Morgan fingerprint density at radius 3 is 2.12 bits per heavy atom. The third-order valence-corrected chi connectivity index (χ3v) is 4.74. The zero-order chi connectivity index (χ0) is 19.3. The molecule has 0 bridgehead atoms. The Morgan fingerprint density at radius 1 is 1.00 bits per heavy atom. The lowest BCUT2D eigenvalue weighted by Gasteiger charge is -2.27. The number of alkyl halides is 3. The Labute approximate surface area is 184 Å². The van der Waals surface area contributed by atoms with Gasteiger partial charge in [-0.15, -0.1) is 0 Å². The molecule has 0 fully saturated rings. The minimum Gasteiger partial charge on any atom is -0.339 e. The van der Waals surface area contributed by atoms with Crippen molar-refractivity contribution in [3.05, 3.63) is 63.6 Å². The third-order valence-electron chi connectivity index (χ3n) is 3.09. The highest BCUT2D eigenvalue weighted by Crippen LogP contribution is 2.29. The van der Waals surface area contributed by atoms with Crippen LogP contribution >= 0.6 is 74.6 Å². The molecule has 0 unspecified atom stereocenters. The van der Waals surface area contributed by atoms with Crippen molar-refractivity contribution in [2.75, 3.05) is 5.32 Å². The van der Waals surface area contributed by atoms with E-state index < -0.39 is 15.9 Å². The molecule has 10 heteroatoms. The molecule has 0 radical (unpaired) electrons. The largest absolute Gasteiger partial charge is 0.339 e. The van der Waals surface area contributed by atoms with Gasteiger partial charge in [0.25, 0.3) is 5.91 Å². The monoisotopic (exact) mass is 513 g/mol. The number of anilines is 1. The van der Waals surface area contributed by atoms with Gasteiger partial charge >= 0.3 is 0 Å². The molecule has 1 atom stereocenters. The molecule has 0 aromatic heterocycles. The first-order valence-electron chi connectivity index (χ1n) is 7.11. The SMILES string of the molecule is O=C(N[C@H](NC(=S)Nc1ccc(Cl)cc1)C(Cl)(Cl)Cl)c1ccc(Br)cc1. The second kappa shape index (κ2) is 9.44. The molecule has 138 valence electrons. The summed E-state index contributed by atoms with van der Waals surface area (Å²) in [5.74, 6) is -0.421. The number of carbonyl (C=O) groups is 1. The summed E-state index contributed by atoms with van der Waals surface area (Å²) < 4.78 is -0.991. The van der Waals surface area contributed by atoms with Crippen molar-refractivity contribution in [2.24, 2.45) is 0 Å². The van der Waals surface area contributed by atoms with E-state index in [0.717, 1.165) is 4.47 Å². The lowest BCUT2D eigenvalue weighted by atomic mass is 10.2. The van der Waals surface area contributed by atoms with E-state index in [-0.39, 0.29) is 5.11 Å². The van der Waals surface area contributed by atoms with Crippen LogP contribution in [0.1, 0.15) is 10.4 Å². The van der Waals surface area contributed by atoms with E-state index in [2.05, 4.69) is 31.9 Å². The van der Waals surface area contributed by atoms with Crippen LogP contribution in [0.5, 0.6) is 0 Å². The van der Waals surface area contributed by atoms with Gasteiger partial charge in [0.2, 0.25) is 3.79 Å². The number of rotatable bonds is 4. The smallest absolute Gasteiger partial charge is 0.252 e. The van der Waals surface area contributed by atoms with E-state index in [9.17, 15) is 4.79 Å². The van der Waals surface area contributed by atoms with Crippen molar-refractivity contribution in [1.82, 2.24) is 10.6 Å². The normalized spacial score (nSPS) is 12.2. The minimum atomic E-state index is -1.84. The fourth-order valence-electron chi connectivity index (χ4n) is 1.85. The standard InChI is InChI=1S/C16H12BrCl4N3OS/c17-10-3-1-9(2-4-10)13(25)23-14(16(19,20)21)24-15(26)22-12-7-5-11(18)6-8-12/h1-8,14H,(H,23,25)(H2,22,24,26)/t14-/m1/s1. The Balaban J connectivity index is 2.04. The second-order valence-corrected chi connectivity index (χ2v) is 9.19. The van der Waals surface area contributed by atoms with Crippen LogP contribution in [0.25, 0.3) is 0 Å². The predicted octanol–water partition coefficient (Wildman–Crippen LogP) is 5.52. The quantitative estimate of drug-likeness (QED) is 0.285. The second-order valence-electron chi connectivity index (χ2n) is 5.06. The van der Waals surface area contributed by atoms with Gasteiger partial charge in [-0.3, -0.25) is 4.79 Å². The maximum atomic E-state index is 12.4. The highest BCUT2D eigenvalue weighted by Gasteiger charge is 2.34. The Hall–Kier alpha value is -0.760. The van der Waals surface area contributed by atoms with E-state index >= 15 is 0 Å². The van der Waals surface area contributed by atoms with Crippen LogP contribution in [-0.2, 0) is 0 Å². The van der Waals surface area contributed by atoms with Crippen LogP contribution in [0, 0.1) is 0 Å². The van der Waals surface area contributed by atoms with E-state index in [0.29, 0.717) is 16.3 Å². The summed E-state index contributed by atoms with van der Waals surface area (Å²) in [6, 6.07) is 13.6. The van der Waals surface area contributed by atoms with Crippen molar-refractivity contribution in [3.63, 3.8) is 0 Å². The summed E-state index contributed by atoms with van der Waals surface area (Å²) in [6.07, 6.45) is -1.06. The number of halogens is 5. The summed E-state index contributed by atoms with van der Waals surface area (Å²) >= 11 is 32.3. The van der Waals surface area contributed by atoms with Gasteiger partial charge in [0, 0.05) is 20.7 Å². The molecule has 0 saturated heterocycles. The lowest BCUT2D eigenvalue weighted by Crippen LogP contribution is -2.56. The molecule has 0 aliphatic heterocycles. The fourth-order valence-corrected chi connectivity index (χ4v) is 2.80. The van der Waals surface area contributed by atoms with Gasteiger partial charge in [-0.1, -0.05) is 62.3 Å². The number of hydrogen-bond donors (Lipinski definition) is 3. The summed E-state index contributed by atoms with van der Waals surface area (Å²) in [4.78, 5) is 12.4. The maximum absolute atomic E-state index is 12.4. The average molecular weight is 516 g/mol. The summed E-state index contributed by atoms with van der Waals surface area (Å²) in [5.41, 5.74) is 1.10. The maximum Gasteiger partial charge on any atom is 0.252 e. The van der Waals surface area contributed by atoms with Crippen LogP contribution < -0.4 is 16.0 Å². The zero-order valence-electron chi connectivity index (χ0n) is 12.9. The molecular weight excluding hydrogens is 504 g/mol. The van der Waals surface area contributed by atoms with Crippen molar-refractivity contribution < 1.29 is 4.79 Å². The van der Waals surface area contributed by atoms with Gasteiger partial charge < -0.3 is 16.0 Å². The number of amides is 1. The topological polar surface area (TPSA) is 53.2 Å². The molecule has 0 aliphatic carbocycles. The van der Waals surface area contributed by atoms with Gasteiger partial charge in [0.05, 0.1) is 0 Å². The van der Waals surface area contributed by atoms with Crippen LogP contribution in [-0.4, -0.2) is 21.0 Å². The van der Waals surface area contributed by atoms with Crippen molar-refractivity contribution in [3.8, 4) is 0 Å². The molecule has 4 nitrogen and oxygen atoms in total. The highest BCUT2D eigenvalue weighted by atomic mass is 79.9. The first kappa shape index (κ1) is 21.5. The molecular formula is C16H12BrCl4N3OS. The van der Waals surface area contributed by atoms with Crippen molar-refractivity contribution in [2.45, 2.75) is 9.96 Å². The third kappa shape index (κ3) is 6.76. The van der Waals surface area contributed by atoms with Crippen LogP contribution in [0.3, 0.4) is 0 Å². The molecule has 2 aromatic carbocycles. The van der Waals surface area contributed by atoms with Gasteiger partial charge in [0.1, 0.15) is 6.17 Å². The molecule has 2 rings (SSSR count). The van der Waals surface area contributed by atoms with Gasteiger partial charge in [-0.05, 0) is 60.7 Å². The Bertz CT molecular complexity index is 782. The number of hydrogen-bond acceptors (Lipinski definition) is 2. The minimum absolute atomic E-state index is 0.166. The van der Waals surface area contributed by atoms with Gasteiger partial charge in [-0.2, -0.15) is 0 Å². The molecule has 0 saturated carbocycles. The van der Waals surface area contributed by atoms with Gasteiger partial charge in [-0.25, -0.2) is 0 Å². The van der Waals surface area contributed by atoms with E-state index in [4.69, 9.17) is 58.6 Å². The van der Waals surface area contributed by atoms with E-state index in [1.54, 1.807) is 48.5 Å². The molecule has 0 spiro atoms. The number of benzene rings is 2. The van der Waals surface area contributed by atoms with E-state index in [1.807, 2.05) is 0 Å². The van der Waals surface area contributed by atoms with E-state index in [1.165, 1.54) is 0 Å². The predicted molar refractivity (Wildman–Crippen MR) is 116 cm³/mol. The average Bonchev–Trinajstić information content (AvgIpc) is 2.56. The summed E-state index contributed by atoms with van der Waals surface area (Å²) in [7, 11) is 0. The lowest BCUT2D eigenvalue weighted by molar-refractivity contribution is 0.0934.